The van der Waals surface area contributed by atoms with Gasteiger partial charge in [-0.25, -0.2) is 0 Å². The first-order valence-electron chi connectivity index (χ1n) is 16.1. The fourth-order valence-electron chi connectivity index (χ4n) is 7.35. The molecule has 0 saturated carbocycles. The van der Waals surface area contributed by atoms with Crippen molar-refractivity contribution in [3.8, 4) is 0 Å². The number of benzene rings is 2. The standard InChI is InChI=1S/C36H41N3O8/c1-23(21-40)39-32-34(43)38(20-24-12-6-3-7-13-24)19-11-5-10-16-28(41)37-26(22-45-2)31(25-14-8-4-9-15-25)46-35(44)29-27-17-18-36(32,47-27)30(29)33(39)42/h3-9,11-15,17-18,23,26-27,29-32,40H,10,16,19-22H2,1-2H3,(H,37,41)/b11-5-/t23-,26+,27-,29+,30+,31+,32-,36+/m1/s1. The van der Waals surface area contributed by atoms with Crippen molar-refractivity contribution in [1.82, 2.24) is 15.1 Å². The van der Waals surface area contributed by atoms with Gasteiger partial charge in [0.15, 0.2) is 0 Å². The summed E-state index contributed by atoms with van der Waals surface area (Å²) in [5.74, 6) is -3.85. The zero-order valence-corrected chi connectivity index (χ0v) is 26.6. The van der Waals surface area contributed by atoms with Gasteiger partial charge in [-0.3, -0.25) is 19.2 Å². The van der Waals surface area contributed by atoms with E-state index in [1.807, 2.05) is 60.7 Å². The van der Waals surface area contributed by atoms with Gasteiger partial charge in [-0.05, 0) is 24.5 Å². The third kappa shape index (κ3) is 6.10. The first-order chi connectivity index (χ1) is 22.8. The molecule has 3 amide bonds. The Kier molecular flexibility index (Phi) is 9.58. The average molecular weight is 644 g/mol. The summed E-state index contributed by atoms with van der Waals surface area (Å²) in [6.45, 7) is 1.83. The maximum absolute atomic E-state index is 14.7. The number of methoxy groups -OCH3 is 1. The largest absolute Gasteiger partial charge is 0.455 e. The van der Waals surface area contributed by atoms with E-state index >= 15 is 0 Å². The third-order valence-electron chi connectivity index (χ3n) is 9.54. The number of carbonyl (C=O) groups is 4. The van der Waals surface area contributed by atoms with Crippen LogP contribution in [0.1, 0.15) is 37.0 Å². The fraction of sp³-hybridized carbons (Fsp3) is 0.444. The maximum atomic E-state index is 14.7. The molecule has 6 rings (SSSR count). The van der Waals surface area contributed by atoms with Crippen LogP contribution in [0.2, 0.25) is 0 Å². The average Bonchev–Trinajstić information content (AvgIpc) is 3.73. The van der Waals surface area contributed by atoms with E-state index in [1.54, 1.807) is 36.1 Å². The molecule has 1 spiro atoms. The maximum Gasteiger partial charge on any atom is 0.313 e. The van der Waals surface area contributed by atoms with Crippen LogP contribution in [0.5, 0.6) is 0 Å². The van der Waals surface area contributed by atoms with Crippen LogP contribution in [0.25, 0.3) is 0 Å². The zero-order chi connectivity index (χ0) is 33.1. The lowest BCUT2D eigenvalue weighted by Crippen LogP contribution is -2.57. The van der Waals surface area contributed by atoms with Gasteiger partial charge in [0.1, 0.15) is 23.7 Å². The summed E-state index contributed by atoms with van der Waals surface area (Å²) < 4.78 is 18.2. The molecular formula is C36H41N3O8. The molecule has 2 aromatic rings. The highest BCUT2D eigenvalue weighted by Gasteiger charge is 2.74. The molecule has 4 heterocycles. The second-order valence-corrected chi connectivity index (χ2v) is 12.6. The minimum atomic E-state index is -1.43. The van der Waals surface area contributed by atoms with E-state index < -0.39 is 59.6 Å². The zero-order valence-electron chi connectivity index (χ0n) is 26.6. The van der Waals surface area contributed by atoms with Crippen LogP contribution in [0.3, 0.4) is 0 Å². The number of nitrogens with one attached hydrogen (secondary N) is 1. The summed E-state index contributed by atoms with van der Waals surface area (Å²) in [6.07, 6.45) is 6.01. The van der Waals surface area contributed by atoms with E-state index in [9.17, 15) is 24.3 Å². The highest BCUT2D eigenvalue weighted by molar-refractivity contribution is 5.99. The summed E-state index contributed by atoms with van der Waals surface area (Å²) in [7, 11) is 1.51. The molecule has 248 valence electrons. The number of allylic oxidation sites excluding steroid dienone is 1. The first kappa shape index (κ1) is 32.6. The highest BCUT2D eigenvalue weighted by atomic mass is 16.6. The summed E-state index contributed by atoms with van der Waals surface area (Å²) in [4.78, 5) is 59.5. The molecule has 5 bridgehead atoms. The van der Waals surface area contributed by atoms with Gasteiger partial charge in [0.2, 0.25) is 17.7 Å². The van der Waals surface area contributed by atoms with Gasteiger partial charge in [-0.2, -0.15) is 0 Å². The molecule has 0 aliphatic carbocycles. The Hall–Kier alpha value is -4.32. The van der Waals surface area contributed by atoms with E-state index in [0.717, 1.165) is 5.56 Å². The first-order valence-corrected chi connectivity index (χ1v) is 16.1. The second-order valence-electron chi connectivity index (χ2n) is 12.6. The summed E-state index contributed by atoms with van der Waals surface area (Å²) >= 11 is 0. The molecule has 4 aliphatic rings. The molecule has 11 nitrogen and oxygen atoms in total. The number of hydrogen-bond acceptors (Lipinski definition) is 8. The van der Waals surface area contributed by atoms with Gasteiger partial charge in [-0.1, -0.05) is 85.0 Å². The molecule has 0 aromatic heterocycles. The lowest BCUT2D eigenvalue weighted by molar-refractivity contribution is -0.162. The molecule has 0 unspecified atom stereocenters. The van der Waals surface area contributed by atoms with Crippen molar-refractivity contribution in [3.63, 3.8) is 0 Å². The number of cyclic esters (lactones) is 1. The van der Waals surface area contributed by atoms with Crippen LogP contribution in [0, 0.1) is 11.8 Å². The molecule has 2 aromatic carbocycles. The highest BCUT2D eigenvalue weighted by Crippen LogP contribution is 2.56. The molecule has 2 saturated heterocycles. The van der Waals surface area contributed by atoms with Crippen molar-refractivity contribution in [2.75, 3.05) is 26.9 Å². The Morgan fingerprint density at radius 1 is 1.02 bits per heavy atom. The predicted molar refractivity (Wildman–Crippen MR) is 170 cm³/mol. The normalized spacial score (nSPS) is 32.2. The summed E-state index contributed by atoms with van der Waals surface area (Å²) in [6, 6.07) is 16.0. The molecule has 47 heavy (non-hydrogen) atoms. The van der Waals surface area contributed by atoms with E-state index in [2.05, 4.69) is 5.32 Å². The third-order valence-corrected chi connectivity index (χ3v) is 9.54. The smallest absolute Gasteiger partial charge is 0.313 e. The Bertz CT molecular complexity index is 1530. The van der Waals surface area contributed by atoms with E-state index in [-0.39, 0.29) is 44.5 Å². The number of fused-ring (bicyclic) bond motifs is 2. The van der Waals surface area contributed by atoms with Gasteiger partial charge in [0.05, 0.1) is 37.3 Å². The van der Waals surface area contributed by atoms with Gasteiger partial charge < -0.3 is 34.4 Å². The second kappa shape index (κ2) is 13.8. The summed E-state index contributed by atoms with van der Waals surface area (Å²) in [5, 5.41) is 13.2. The van der Waals surface area contributed by atoms with Gasteiger partial charge >= 0.3 is 5.97 Å². The number of ether oxygens (including phenoxy) is 3. The molecule has 2 fully saturated rings. The number of amides is 3. The fourth-order valence-corrected chi connectivity index (χ4v) is 7.35. The number of hydrogen-bond donors (Lipinski definition) is 2. The molecule has 8 atom stereocenters. The van der Waals surface area contributed by atoms with E-state index in [1.165, 1.54) is 12.0 Å². The topological polar surface area (TPSA) is 135 Å². The monoisotopic (exact) mass is 643 g/mol. The van der Waals surface area contributed by atoms with Crippen LogP contribution in [0.4, 0.5) is 0 Å². The number of likely N-dealkylation sites (tertiary alicyclic amines) is 1. The number of nitrogens with zero attached hydrogens (tertiary/aromatic N) is 2. The summed E-state index contributed by atoms with van der Waals surface area (Å²) in [5.41, 5.74) is 0.110. The molecule has 11 heteroatoms. The quantitative estimate of drug-likeness (QED) is 0.347. The Labute approximate surface area is 274 Å². The van der Waals surface area contributed by atoms with Gasteiger partial charge in [0, 0.05) is 26.6 Å². The number of esters is 1. The lowest BCUT2D eigenvalue weighted by Gasteiger charge is -2.37. The van der Waals surface area contributed by atoms with Crippen LogP contribution in [-0.2, 0) is 39.9 Å². The van der Waals surface area contributed by atoms with Crippen molar-refractivity contribution >= 4 is 23.7 Å². The lowest BCUT2D eigenvalue weighted by atomic mass is 9.74. The number of rotatable bonds is 7. The predicted octanol–water partition coefficient (Wildman–Crippen LogP) is 2.31. The van der Waals surface area contributed by atoms with Crippen LogP contribution >= 0.6 is 0 Å². The number of aliphatic hydroxyl groups excluding tert-OH is 1. The van der Waals surface area contributed by atoms with Crippen molar-refractivity contribution in [2.24, 2.45) is 11.8 Å². The molecule has 2 N–H and O–H groups in total. The minimum Gasteiger partial charge on any atom is -0.455 e. The van der Waals surface area contributed by atoms with Crippen molar-refractivity contribution in [1.29, 1.82) is 0 Å². The minimum absolute atomic E-state index is 0.0675. The Morgan fingerprint density at radius 3 is 2.45 bits per heavy atom. The van der Waals surface area contributed by atoms with Crippen molar-refractivity contribution < 1.29 is 38.5 Å². The van der Waals surface area contributed by atoms with Crippen LogP contribution in [-0.4, -0.2) is 95.3 Å². The number of carbonyl (C=O) groups excluding carboxylic acids is 4. The van der Waals surface area contributed by atoms with Gasteiger partial charge in [0.25, 0.3) is 0 Å². The Balaban J connectivity index is 1.43. The van der Waals surface area contributed by atoms with Gasteiger partial charge in [-0.15, -0.1) is 0 Å². The molecular weight excluding hydrogens is 602 g/mol. The molecule has 0 radical (unpaired) electrons. The van der Waals surface area contributed by atoms with Crippen molar-refractivity contribution in [3.05, 3.63) is 96.1 Å². The molecule has 4 aliphatic heterocycles. The van der Waals surface area contributed by atoms with Crippen LogP contribution < -0.4 is 5.32 Å². The van der Waals surface area contributed by atoms with E-state index in [0.29, 0.717) is 12.0 Å². The Morgan fingerprint density at radius 2 is 1.74 bits per heavy atom. The number of aliphatic hydroxyl groups is 1. The van der Waals surface area contributed by atoms with Crippen LogP contribution in [0.15, 0.2) is 85.0 Å². The van der Waals surface area contributed by atoms with Crippen molar-refractivity contribution in [2.45, 2.75) is 62.2 Å². The SMILES string of the molecule is COC[C@@H]1NC(=O)CC/C=C\CN(Cc2ccccc2)C(=O)[C@H]2N([C@H](C)CO)C(=O)[C@@H]3[C@@H](C(=O)O[C@H]1c1ccccc1)[C@H]1C=C[C@]32O1. The van der Waals surface area contributed by atoms with E-state index in [4.69, 9.17) is 14.2 Å².